The molecule has 0 atom stereocenters. The van der Waals surface area contributed by atoms with Gasteiger partial charge in [0.05, 0.1) is 24.3 Å². The fourth-order valence-electron chi connectivity index (χ4n) is 2.08. The van der Waals surface area contributed by atoms with Crippen LogP contribution in [0.5, 0.6) is 0 Å². The van der Waals surface area contributed by atoms with Crippen molar-refractivity contribution in [3.8, 4) is 0 Å². The third-order valence-electron chi connectivity index (χ3n) is 3.22. The van der Waals surface area contributed by atoms with Crippen LogP contribution in [0.3, 0.4) is 0 Å². The molecular weight excluding hydrogens is 344 g/mol. The molecule has 25 heavy (non-hydrogen) atoms. The molecule has 0 unspecified atom stereocenters. The maximum atomic E-state index is 12.4. The van der Waals surface area contributed by atoms with Gasteiger partial charge in [-0.15, -0.1) is 11.3 Å². The first-order valence-corrected chi connectivity index (χ1v) is 8.30. The normalized spacial score (nSPS) is 10.4. The lowest BCUT2D eigenvalue weighted by Gasteiger charge is -2.10. The minimum Gasteiger partial charge on any atom is -0.465 e. The van der Waals surface area contributed by atoms with E-state index in [1.807, 2.05) is 0 Å². The van der Waals surface area contributed by atoms with Gasteiger partial charge in [-0.25, -0.2) is 9.59 Å². The van der Waals surface area contributed by atoms with Crippen molar-refractivity contribution in [2.45, 2.75) is 26.9 Å². The number of thiophene rings is 1. The number of nitrogens with zero attached hydrogens (tertiary/aromatic N) is 1. The second kappa shape index (κ2) is 7.89. The van der Waals surface area contributed by atoms with Gasteiger partial charge in [0.2, 0.25) is 0 Å². The van der Waals surface area contributed by atoms with Gasteiger partial charge in [-0.1, -0.05) is 0 Å². The number of pyridine rings is 1. The number of carbonyl (C=O) groups excluding carboxylic acids is 3. The molecule has 0 aliphatic heterocycles. The van der Waals surface area contributed by atoms with E-state index in [0.717, 1.165) is 11.3 Å². The predicted molar refractivity (Wildman–Crippen MR) is 93.1 cm³/mol. The number of hydrogen-bond acceptors (Lipinski definition) is 7. The number of nitrogens with one attached hydrogen (secondary N) is 1. The van der Waals surface area contributed by atoms with Crippen LogP contribution in [0, 0.1) is 6.92 Å². The zero-order valence-electron chi connectivity index (χ0n) is 14.3. The van der Waals surface area contributed by atoms with Gasteiger partial charge in [0.1, 0.15) is 9.88 Å². The summed E-state index contributed by atoms with van der Waals surface area (Å²) in [5.74, 6) is -1.63. The van der Waals surface area contributed by atoms with E-state index < -0.39 is 17.8 Å². The second-order valence-electron chi connectivity index (χ2n) is 5.40. The van der Waals surface area contributed by atoms with Crippen LogP contribution >= 0.6 is 11.3 Å². The number of aromatic nitrogens is 1. The summed E-state index contributed by atoms with van der Waals surface area (Å²) >= 11 is 0.969. The van der Waals surface area contributed by atoms with E-state index in [0.29, 0.717) is 11.1 Å². The molecule has 2 heterocycles. The van der Waals surface area contributed by atoms with Crippen molar-refractivity contribution < 1.29 is 23.9 Å². The van der Waals surface area contributed by atoms with Gasteiger partial charge in [0, 0.05) is 12.4 Å². The summed E-state index contributed by atoms with van der Waals surface area (Å²) in [4.78, 5) is 40.8. The maximum absolute atomic E-state index is 12.4. The molecule has 7 nitrogen and oxygen atoms in total. The van der Waals surface area contributed by atoms with E-state index in [1.165, 1.54) is 13.3 Å². The van der Waals surface area contributed by atoms with Gasteiger partial charge in [0.15, 0.2) is 0 Å². The third kappa shape index (κ3) is 4.21. The molecule has 0 saturated carbocycles. The van der Waals surface area contributed by atoms with Gasteiger partial charge in [-0.05, 0) is 38.5 Å². The molecule has 0 saturated heterocycles. The summed E-state index contributed by atoms with van der Waals surface area (Å²) in [5, 5.41) is 2.89. The first-order valence-electron chi connectivity index (χ1n) is 7.49. The van der Waals surface area contributed by atoms with E-state index in [9.17, 15) is 14.4 Å². The molecule has 0 radical (unpaired) electrons. The first kappa shape index (κ1) is 18.6. The van der Waals surface area contributed by atoms with Crippen molar-refractivity contribution >= 4 is 34.2 Å². The minimum atomic E-state index is -0.611. The molecule has 2 aromatic heterocycles. The molecule has 132 valence electrons. The maximum Gasteiger partial charge on any atom is 0.348 e. The molecule has 2 rings (SSSR count). The van der Waals surface area contributed by atoms with Crippen LogP contribution in [-0.2, 0) is 9.47 Å². The molecule has 0 spiro atoms. The molecule has 0 aromatic carbocycles. The number of amides is 1. The predicted octanol–water partition coefficient (Wildman–Crippen LogP) is 3.06. The second-order valence-corrected chi connectivity index (χ2v) is 6.42. The molecule has 0 aliphatic rings. The zero-order chi connectivity index (χ0) is 18.6. The van der Waals surface area contributed by atoms with E-state index in [4.69, 9.17) is 9.47 Å². The molecule has 2 aromatic rings. The minimum absolute atomic E-state index is 0.149. The number of ether oxygens (including phenoxy) is 2. The van der Waals surface area contributed by atoms with Crippen molar-refractivity contribution in [3.63, 3.8) is 0 Å². The van der Waals surface area contributed by atoms with E-state index in [2.05, 4.69) is 10.3 Å². The smallest absolute Gasteiger partial charge is 0.348 e. The fourth-order valence-corrected chi connectivity index (χ4v) is 3.19. The molecule has 0 aliphatic carbocycles. The Morgan fingerprint density at radius 3 is 2.52 bits per heavy atom. The van der Waals surface area contributed by atoms with E-state index in [-0.39, 0.29) is 21.5 Å². The van der Waals surface area contributed by atoms with Gasteiger partial charge < -0.3 is 14.8 Å². The quantitative estimate of drug-likeness (QED) is 0.822. The number of anilines is 1. The van der Waals surface area contributed by atoms with Crippen LogP contribution in [0.25, 0.3) is 0 Å². The summed E-state index contributed by atoms with van der Waals surface area (Å²) in [5.41, 5.74) is 0.886. The summed E-state index contributed by atoms with van der Waals surface area (Å²) in [6.07, 6.45) is 2.62. The third-order valence-corrected chi connectivity index (χ3v) is 4.40. The van der Waals surface area contributed by atoms with Crippen LogP contribution in [-0.4, -0.2) is 36.0 Å². The van der Waals surface area contributed by atoms with Gasteiger partial charge in [0.25, 0.3) is 5.91 Å². The Hall–Kier alpha value is -2.74. The topological polar surface area (TPSA) is 94.6 Å². The van der Waals surface area contributed by atoms with Gasteiger partial charge in [-0.2, -0.15) is 0 Å². The van der Waals surface area contributed by atoms with Gasteiger partial charge in [-0.3, -0.25) is 9.78 Å². The Kier molecular flexibility index (Phi) is 5.87. The standard InChI is InChI=1S/C17H18N2O5S/c1-9(2)24-16(21)12-10(3)13(17(22)23-4)25-15(12)19-14(20)11-6-5-7-18-8-11/h5-9H,1-4H3,(H,19,20). The average molecular weight is 362 g/mol. The van der Waals surface area contributed by atoms with Crippen molar-refractivity contribution in [1.82, 2.24) is 4.98 Å². The first-order chi connectivity index (χ1) is 11.8. The molecule has 8 heteroatoms. The lowest BCUT2D eigenvalue weighted by atomic mass is 10.1. The Morgan fingerprint density at radius 2 is 1.96 bits per heavy atom. The monoisotopic (exact) mass is 362 g/mol. The van der Waals surface area contributed by atoms with Gasteiger partial charge >= 0.3 is 11.9 Å². The highest BCUT2D eigenvalue weighted by Crippen LogP contribution is 2.34. The summed E-state index contributed by atoms with van der Waals surface area (Å²) < 4.78 is 9.96. The number of methoxy groups -OCH3 is 1. The lowest BCUT2D eigenvalue weighted by Crippen LogP contribution is -2.17. The highest BCUT2D eigenvalue weighted by molar-refractivity contribution is 7.18. The van der Waals surface area contributed by atoms with Crippen LogP contribution in [0.1, 0.15) is 49.8 Å². The van der Waals surface area contributed by atoms with Crippen LogP contribution in [0.4, 0.5) is 5.00 Å². The molecule has 1 N–H and O–H groups in total. The largest absolute Gasteiger partial charge is 0.465 e. The summed E-state index contributed by atoms with van der Waals surface area (Å²) in [6, 6.07) is 3.22. The van der Waals surface area contributed by atoms with Crippen molar-refractivity contribution in [1.29, 1.82) is 0 Å². The Morgan fingerprint density at radius 1 is 1.24 bits per heavy atom. The van der Waals surface area contributed by atoms with E-state index >= 15 is 0 Å². The number of carbonyl (C=O) groups is 3. The SMILES string of the molecule is COC(=O)c1sc(NC(=O)c2cccnc2)c(C(=O)OC(C)C)c1C. The van der Waals surface area contributed by atoms with Crippen molar-refractivity contribution in [3.05, 3.63) is 46.1 Å². The molecular formula is C17H18N2O5S. The number of rotatable bonds is 5. The zero-order valence-corrected chi connectivity index (χ0v) is 15.1. The molecule has 1 amide bonds. The molecule has 0 bridgehead atoms. The Labute approximate surface area is 149 Å². The van der Waals surface area contributed by atoms with Crippen LogP contribution in [0.15, 0.2) is 24.5 Å². The molecule has 0 fully saturated rings. The Bertz CT molecular complexity index is 799. The van der Waals surface area contributed by atoms with E-state index in [1.54, 1.807) is 39.1 Å². The van der Waals surface area contributed by atoms with Crippen LogP contribution in [0.2, 0.25) is 0 Å². The van der Waals surface area contributed by atoms with Crippen molar-refractivity contribution in [2.75, 3.05) is 12.4 Å². The Balaban J connectivity index is 2.42. The highest BCUT2D eigenvalue weighted by Gasteiger charge is 2.27. The van der Waals surface area contributed by atoms with Crippen LogP contribution < -0.4 is 5.32 Å². The summed E-state index contributed by atoms with van der Waals surface area (Å²) in [7, 11) is 1.25. The number of esters is 2. The highest BCUT2D eigenvalue weighted by atomic mass is 32.1. The fraction of sp³-hybridized carbons (Fsp3) is 0.294. The number of hydrogen-bond donors (Lipinski definition) is 1. The summed E-state index contributed by atoms with van der Waals surface area (Å²) in [6.45, 7) is 5.04. The average Bonchev–Trinajstić information content (AvgIpc) is 2.90. The lowest BCUT2D eigenvalue weighted by molar-refractivity contribution is 0.0379. The van der Waals surface area contributed by atoms with Crippen molar-refractivity contribution in [2.24, 2.45) is 0 Å².